The van der Waals surface area contributed by atoms with Crippen molar-refractivity contribution in [2.45, 2.75) is 16.7 Å². The highest BCUT2D eigenvalue weighted by atomic mass is 32.2. The van der Waals surface area contributed by atoms with E-state index in [-0.39, 0.29) is 23.7 Å². The van der Waals surface area contributed by atoms with Crippen LogP contribution < -0.4 is 0 Å². The number of thioether (sulfide) groups is 1. The first-order valence-electron chi connectivity index (χ1n) is 12.0. The third-order valence-electron chi connectivity index (χ3n) is 6.59. The minimum Gasteiger partial charge on any atom is -0.355 e. The molecular formula is C27H26N4O4S3. The predicted molar refractivity (Wildman–Crippen MR) is 152 cm³/mol. The summed E-state index contributed by atoms with van der Waals surface area (Å²) in [6, 6.07) is 27.1. The summed E-state index contributed by atoms with van der Waals surface area (Å²) in [6.07, 6.45) is 0.559. The lowest BCUT2D eigenvalue weighted by atomic mass is 9.74. The normalized spacial score (nSPS) is 14.6. The molecule has 0 N–H and O–H groups in total. The maximum Gasteiger partial charge on any atom is 0.270 e. The van der Waals surface area contributed by atoms with Crippen LogP contribution in [0.3, 0.4) is 0 Å². The second-order valence-electron chi connectivity index (χ2n) is 8.76. The van der Waals surface area contributed by atoms with Crippen LogP contribution in [0.1, 0.15) is 17.5 Å². The molecule has 0 aromatic heterocycles. The summed E-state index contributed by atoms with van der Waals surface area (Å²) in [7, 11) is -3.85. The number of hydrogen-bond acceptors (Lipinski definition) is 7. The Hall–Kier alpha value is -3.30. The molecule has 1 aliphatic heterocycles. The Kier molecular flexibility index (Phi) is 8.79. The third kappa shape index (κ3) is 5.89. The molecule has 3 aromatic rings. The number of hydrogen-bond donors (Lipinski definition) is 0. The van der Waals surface area contributed by atoms with Gasteiger partial charge in [0.1, 0.15) is 9.74 Å². The molecule has 0 amide bonds. The fourth-order valence-electron chi connectivity index (χ4n) is 4.49. The average Bonchev–Trinajstić information content (AvgIpc) is 2.96. The van der Waals surface area contributed by atoms with Crippen LogP contribution in [0.25, 0.3) is 0 Å². The molecule has 0 spiro atoms. The first kappa shape index (κ1) is 27.7. The molecule has 8 nitrogen and oxygen atoms in total. The van der Waals surface area contributed by atoms with Gasteiger partial charge in [0.05, 0.1) is 15.9 Å². The highest BCUT2D eigenvalue weighted by molar-refractivity contribution is 8.22. The molecule has 0 unspecified atom stereocenters. The number of nitro benzene ring substituents is 1. The fourth-order valence-corrected chi connectivity index (χ4v) is 7.33. The van der Waals surface area contributed by atoms with Crippen LogP contribution in [-0.4, -0.2) is 58.8 Å². The van der Waals surface area contributed by atoms with E-state index >= 15 is 0 Å². The van der Waals surface area contributed by atoms with Crippen LogP contribution in [0, 0.1) is 21.4 Å². The van der Waals surface area contributed by atoms with Gasteiger partial charge in [0, 0.05) is 44.1 Å². The molecule has 1 heterocycles. The van der Waals surface area contributed by atoms with Gasteiger partial charge in [-0.25, -0.2) is 8.42 Å². The topological polar surface area (TPSA) is 108 Å². The standard InChI is InChI=1S/C27H26N4O4S3/c28-21-27(22-8-3-1-4-9-22,23-10-5-2-6-11-23)14-19-37-26(36)29-15-17-30(18-16-29)38(34,35)25-13-7-12-24(20-25)31(32)33/h1-13,20H,14-19H2. The molecular weight excluding hydrogens is 541 g/mol. The number of piperazine rings is 1. The lowest BCUT2D eigenvalue weighted by molar-refractivity contribution is -0.385. The van der Waals surface area contributed by atoms with E-state index in [1.165, 1.54) is 34.3 Å². The zero-order valence-electron chi connectivity index (χ0n) is 20.5. The Morgan fingerprint density at radius 3 is 2.08 bits per heavy atom. The first-order valence-corrected chi connectivity index (χ1v) is 14.8. The Labute approximate surface area is 232 Å². The van der Waals surface area contributed by atoms with Crippen molar-refractivity contribution in [3.05, 3.63) is 106 Å². The van der Waals surface area contributed by atoms with Crippen LogP contribution in [0.2, 0.25) is 0 Å². The zero-order valence-corrected chi connectivity index (χ0v) is 22.9. The van der Waals surface area contributed by atoms with Gasteiger partial charge in [-0.15, -0.1) is 0 Å². The quantitative estimate of drug-likeness (QED) is 0.217. The molecule has 0 saturated carbocycles. The van der Waals surface area contributed by atoms with Gasteiger partial charge in [0.25, 0.3) is 5.69 Å². The van der Waals surface area contributed by atoms with Crippen molar-refractivity contribution in [2.24, 2.45) is 0 Å². The second-order valence-corrected chi connectivity index (χ2v) is 12.4. The SMILES string of the molecule is N#CC(CCSC(=S)N1CCN(S(=O)(=O)c2cccc([N+](=O)[O-])c2)CC1)(c1ccccc1)c1ccccc1. The van der Waals surface area contributed by atoms with Gasteiger partial charge in [-0.2, -0.15) is 9.57 Å². The van der Waals surface area contributed by atoms with Crippen molar-refractivity contribution in [2.75, 3.05) is 31.9 Å². The van der Waals surface area contributed by atoms with E-state index in [9.17, 15) is 23.8 Å². The number of benzene rings is 3. The smallest absolute Gasteiger partial charge is 0.270 e. The molecule has 0 aliphatic carbocycles. The first-order chi connectivity index (χ1) is 18.3. The molecule has 4 rings (SSSR count). The lowest BCUT2D eigenvalue weighted by Crippen LogP contribution is -2.49. The van der Waals surface area contributed by atoms with Crippen LogP contribution in [0.5, 0.6) is 0 Å². The number of sulfonamides is 1. The maximum atomic E-state index is 13.0. The number of nitro groups is 1. The van der Waals surface area contributed by atoms with Gasteiger partial charge >= 0.3 is 0 Å². The van der Waals surface area contributed by atoms with Gasteiger partial charge in [0.2, 0.25) is 10.0 Å². The van der Waals surface area contributed by atoms with E-state index in [1.807, 2.05) is 65.6 Å². The summed E-state index contributed by atoms with van der Waals surface area (Å²) in [4.78, 5) is 12.3. The minimum absolute atomic E-state index is 0.0910. The predicted octanol–water partition coefficient (Wildman–Crippen LogP) is 4.82. The number of nitrogens with zero attached hydrogens (tertiary/aromatic N) is 4. The van der Waals surface area contributed by atoms with E-state index in [4.69, 9.17) is 12.2 Å². The minimum atomic E-state index is -3.85. The van der Waals surface area contributed by atoms with Crippen molar-refractivity contribution in [1.29, 1.82) is 5.26 Å². The Balaban J connectivity index is 1.38. The molecule has 196 valence electrons. The van der Waals surface area contributed by atoms with Gasteiger partial charge in [-0.3, -0.25) is 10.1 Å². The molecule has 11 heteroatoms. The molecule has 0 atom stereocenters. The molecule has 3 aromatic carbocycles. The molecule has 1 aliphatic rings. The lowest BCUT2D eigenvalue weighted by Gasteiger charge is -2.35. The van der Waals surface area contributed by atoms with Gasteiger partial charge in [-0.1, -0.05) is 90.7 Å². The Bertz CT molecular complexity index is 1400. The van der Waals surface area contributed by atoms with Crippen LogP contribution >= 0.6 is 24.0 Å². The molecule has 0 radical (unpaired) electrons. The largest absolute Gasteiger partial charge is 0.355 e. The fraction of sp³-hybridized carbons (Fsp3) is 0.259. The molecule has 38 heavy (non-hydrogen) atoms. The summed E-state index contributed by atoms with van der Waals surface area (Å²) >= 11 is 7.15. The number of nitriles is 1. The summed E-state index contributed by atoms with van der Waals surface area (Å²) in [5.74, 6) is 0.613. The molecule has 1 saturated heterocycles. The van der Waals surface area contributed by atoms with E-state index in [2.05, 4.69) is 6.07 Å². The Morgan fingerprint density at radius 1 is 0.974 bits per heavy atom. The van der Waals surface area contributed by atoms with Crippen molar-refractivity contribution in [3.63, 3.8) is 0 Å². The van der Waals surface area contributed by atoms with Crippen LogP contribution in [-0.2, 0) is 15.4 Å². The van der Waals surface area contributed by atoms with Gasteiger partial charge < -0.3 is 4.90 Å². The zero-order chi connectivity index (χ0) is 27.2. The Morgan fingerprint density at radius 2 is 1.55 bits per heavy atom. The number of non-ortho nitro benzene ring substituents is 1. The highest BCUT2D eigenvalue weighted by Crippen LogP contribution is 2.36. The summed E-state index contributed by atoms with van der Waals surface area (Å²) in [5, 5.41) is 21.4. The van der Waals surface area contributed by atoms with E-state index in [0.717, 1.165) is 17.2 Å². The van der Waals surface area contributed by atoms with Crippen LogP contribution in [0.15, 0.2) is 89.8 Å². The third-order valence-corrected chi connectivity index (χ3v) is 10.0. The van der Waals surface area contributed by atoms with E-state index < -0.39 is 20.4 Å². The van der Waals surface area contributed by atoms with Crippen LogP contribution in [0.4, 0.5) is 5.69 Å². The van der Waals surface area contributed by atoms with Crippen molar-refractivity contribution in [3.8, 4) is 6.07 Å². The average molecular weight is 567 g/mol. The monoisotopic (exact) mass is 566 g/mol. The molecule has 1 fully saturated rings. The van der Waals surface area contributed by atoms with Crippen molar-refractivity contribution < 1.29 is 13.3 Å². The summed E-state index contributed by atoms with van der Waals surface area (Å²) in [6.45, 7) is 1.28. The summed E-state index contributed by atoms with van der Waals surface area (Å²) in [5.41, 5.74) is 0.790. The summed E-state index contributed by atoms with van der Waals surface area (Å²) < 4.78 is 28.1. The number of rotatable bonds is 8. The highest BCUT2D eigenvalue weighted by Gasteiger charge is 2.35. The van der Waals surface area contributed by atoms with Crippen molar-refractivity contribution in [1.82, 2.24) is 9.21 Å². The van der Waals surface area contributed by atoms with E-state index in [1.54, 1.807) is 0 Å². The van der Waals surface area contributed by atoms with Crippen molar-refractivity contribution >= 4 is 44.0 Å². The maximum absolute atomic E-state index is 13.0. The molecule has 0 bridgehead atoms. The second kappa shape index (κ2) is 12.0. The van der Waals surface area contributed by atoms with Gasteiger partial charge in [0.15, 0.2) is 0 Å². The van der Waals surface area contributed by atoms with Gasteiger partial charge in [-0.05, 0) is 23.6 Å². The number of thiocarbonyl (C=S) groups is 1. The van der Waals surface area contributed by atoms with E-state index in [0.29, 0.717) is 29.6 Å².